The first-order chi connectivity index (χ1) is 14.4. The Morgan fingerprint density at radius 3 is 1.03 bits per heavy atom. The zero-order valence-corrected chi connectivity index (χ0v) is 19.2. The molecule has 6 N–H and O–H groups in total. The van der Waals surface area contributed by atoms with E-state index in [-0.39, 0.29) is 11.1 Å². The van der Waals surface area contributed by atoms with Gasteiger partial charge in [0.05, 0.1) is 12.5 Å². The molecule has 0 fully saturated rings. The molecule has 14 heteroatoms. The van der Waals surface area contributed by atoms with Crippen molar-refractivity contribution in [3.05, 3.63) is 58.7 Å². The molecule has 0 radical (unpaired) electrons. The maximum absolute atomic E-state index is 13.4. The number of halogens is 4. The Morgan fingerprint density at radius 1 is 0.656 bits per heavy atom. The third-order valence-corrected chi connectivity index (χ3v) is 4.91. The van der Waals surface area contributed by atoms with Crippen molar-refractivity contribution in [2.45, 2.75) is 25.9 Å². The predicted molar refractivity (Wildman–Crippen MR) is 115 cm³/mol. The maximum Gasteiger partial charge on any atom is 0.230 e. The highest BCUT2D eigenvalue weighted by Gasteiger charge is 2.17. The van der Waals surface area contributed by atoms with E-state index in [2.05, 4.69) is 0 Å². The molecule has 0 aliphatic heterocycles. The van der Waals surface area contributed by atoms with Crippen molar-refractivity contribution in [1.82, 2.24) is 0 Å². The summed E-state index contributed by atoms with van der Waals surface area (Å²) in [5.74, 6) is -3.95. The maximum atomic E-state index is 13.4. The van der Waals surface area contributed by atoms with E-state index < -0.39 is 66.8 Å². The van der Waals surface area contributed by atoms with Crippen LogP contribution in [0.2, 0.25) is 0 Å². The van der Waals surface area contributed by atoms with E-state index in [1.54, 1.807) is 23.3 Å². The van der Waals surface area contributed by atoms with Gasteiger partial charge in [0.15, 0.2) is 23.3 Å². The third-order valence-electron chi connectivity index (χ3n) is 3.76. The molecule has 0 aromatic heterocycles. The monoisotopic (exact) mass is 500 g/mol. The van der Waals surface area contributed by atoms with Crippen LogP contribution in [0.25, 0.3) is 0 Å². The Kier molecular flexibility index (Phi) is 9.03. The van der Waals surface area contributed by atoms with Crippen molar-refractivity contribution in [3.8, 4) is 0 Å². The fourth-order valence-electron chi connectivity index (χ4n) is 2.28. The number of hydrogen-bond acceptors (Lipinski definition) is 6. The summed E-state index contributed by atoms with van der Waals surface area (Å²) in [6, 6.07) is 2.94. The van der Waals surface area contributed by atoms with Crippen LogP contribution >= 0.6 is 0 Å². The normalized spacial score (nSPS) is 13.6. The van der Waals surface area contributed by atoms with Gasteiger partial charge in [-0.3, -0.25) is 9.44 Å². The molecule has 180 valence electrons. The summed E-state index contributed by atoms with van der Waals surface area (Å²) < 4.78 is 100. The van der Waals surface area contributed by atoms with Gasteiger partial charge in [-0.15, -0.1) is 0 Å². The third kappa shape index (κ3) is 8.61. The largest absolute Gasteiger partial charge is 0.324 e. The molecule has 2 rings (SSSR count). The summed E-state index contributed by atoms with van der Waals surface area (Å²) in [5.41, 5.74) is 10.1. The minimum absolute atomic E-state index is 0.258. The number of benzene rings is 2. The van der Waals surface area contributed by atoms with Gasteiger partial charge < -0.3 is 11.5 Å². The Hall–Kier alpha value is -2.42. The van der Waals surface area contributed by atoms with Gasteiger partial charge in [-0.2, -0.15) is 0 Å². The molecule has 2 unspecified atom stereocenters. The molecule has 32 heavy (non-hydrogen) atoms. The molecule has 2 aromatic carbocycles. The lowest BCUT2D eigenvalue weighted by Crippen LogP contribution is -2.14. The van der Waals surface area contributed by atoms with Crippen LogP contribution in [0.4, 0.5) is 28.9 Å². The molecule has 2 aromatic rings. The fraction of sp³-hybridized carbons (Fsp3) is 0.333. The Morgan fingerprint density at radius 2 is 0.875 bits per heavy atom. The van der Waals surface area contributed by atoms with Gasteiger partial charge in [-0.1, -0.05) is 0 Å². The summed E-state index contributed by atoms with van der Waals surface area (Å²) >= 11 is 0. The summed E-state index contributed by atoms with van der Waals surface area (Å²) in [7, 11) is -7.43. The van der Waals surface area contributed by atoms with Crippen molar-refractivity contribution < 1.29 is 34.4 Å². The van der Waals surface area contributed by atoms with Gasteiger partial charge in [0, 0.05) is 12.1 Å². The van der Waals surface area contributed by atoms with E-state index in [0.29, 0.717) is 0 Å². The topological polar surface area (TPSA) is 144 Å². The van der Waals surface area contributed by atoms with Crippen LogP contribution in [0, 0.1) is 23.3 Å². The molecular weight excluding hydrogens is 476 g/mol. The van der Waals surface area contributed by atoms with Crippen LogP contribution in [0.1, 0.15) is 37.1 Å². The molecule has 0 aliphatic carbocycles. The van der Waals surface area contributed by atoms with Crippen LogP contribution < -0.4 is 20.9 Å². The Balaban J connectivity index is 0.000000320. The fourth-order valence-corrected chi connectivity index (χ4v) is 3.41. The lowest BCUT2D eigenvalue weighted by Gasteiger charge is -2.11. The number of nitrogens with two attached hydrogens (primary N) is 2. The van der Waals surface area contributed by atoms with Crippen molar-refractivity contribution in [2.24, 2.45) is 11.5 Å². The van der Waals surface area contributed by atoms with Gasteiger partial charge in [-0.05, 0) is 49.2 Å². The van der Waals surface area contributed by atoms with Crippen LogP contribution in [0.5, 0.6) is 0 Å². The minimum atomic E-state index is -3.72. The van der Waals surface area contributed by atoms with Gasteiger partial charge in [0.25, 0.3) is 0 Å². The zero-order valence-electron chi connectivity index (χ0n) is 17.6. The van der Waals surface area contributed by atoms with Gasteiger partial charge in [0.1, 0.15) is 11.4 Å². The molecule has 8 nitrogen and oxygen atoms in total. The minimum Gasteiger partial charge on any atom is -0.324 e. The van der Waals surface area contributed by atoms with E-state index in [0.717, 1.165) is 36.8 Å². The highest BCUT2D eigenvalue weighted by molar-refractivity contribution is 7.92. The first-order valence-corrected chi connectivity index (χ1v) is 12.6. The number of anilines is 2. The molecule has 0 bridgehead atoms. The molecule has 0 amide bonds. The van der Waals surface area contributed by atoms with E-state index >= 15 is 0 Å². The molecular formula is C18H24F4N4O4S2. The molecule has 2 atom stereocenters. The van der Waals surface area contributed by atoms with Gasteiger partial charge in [0.2, 0.25) is 20.0 Å². The van der Waals surface area contributed by atoms with Crippen LogP contribution in [0.15, 0.2) is 24.3 Å². The van der Waals surface area contributed by atoms with Crippen LogP contribution in [0.3, 0.4) is 0 Å². The predicted octanol–water partition coefficient (Wildman–Crippen LogP) is 2.71. The summed E-state index contributed by atoms with van der Waals surface area (Å²) in [4.78, 5) is 0. The van der Waals surface area contributed by atoms with Gasteiger partial charge >= 0.3 is 0 Å². The van der Waals surface area contributed by atoms with Crippen molar-refractivity contribution in [1.29, 1.82) is 0 Å². The quantitative estimate of drug-likeness (QED) is 0.449. The smallest absolute Gasteiger partial charge is 0.230 e. The molecule has 0 spiro atoms. The second-order valence-corrected chi connectivity index (χ2v) is 10.5. The molecule has 0 saturated carbocycles. The number of nitrogens with one attached hydrogen (secondary N) is 2. The van der Waals surface area contributed by atoms with Crippen molar-refractivity contribution >= 4 is 31.4 Å². The van der Waals surface area contributed by atoms with Crippen molar-refractivity contribution in [2.75, 3.05) is 22.0 Å². The first kappa shape index (κ1) is 27.6. The second kappa shape index (κ2) is 10.5. The summed E-state index contributed by atoms with van der Waals surface area (Å²) in [6.45, 7) is 3.13. The number of hydrogen-bond donors (Lipinski definition) is 4. The summed E-state index contributed by atoms with van der Waals surface area (Å²) in [5, 5.41) is 0. The lowest BCUT2D eigenvalue weighted by molar-refractivity contribution is 0.579. The van der Waals surface area contributed by atoms with Crippen molar-refractivity contribution in [3.63, 3.8) is 0 Å². The van der Waals surface area contributed by atoms with E-state index in [9.17, 15) is 34.4 Å². The number of sulfonamides is 2. The van der Waals surface area contributed by atoms with Crippen LogP contribution in [-0.2, 0) is 20.0 Å². The highest BCUT2D eigenvalue weighted by atomic mass is 32.2. The van der Waals surface area contributed by atoms with E-state index in [4.69, 9.17) is 11.5 Å². The Labute approximate surface area is 184 Å². The zero-order chi connectivity index (χ0) is 25.0. The Bertz CT molecular complexity index is 1050. The standard InChI is InChI=1S/2C9H12F2N2O2S/c2*1-5(12)6-3-7(10)9(8(11)4-6)13-16(2,14)15/h2*3-5,13H,12H2,1-2H3. The molecule has 0 aliphatic rings. The lowest BCUT2D eigenvalue weighted by atomic mass is 10.1. The first-order valence-electron chi connectivity index (χ1n) is 8.86. The summed E-state index contributed by atoms with van der Waals surface area (Å²) in [6.07, 6.45) is 1.62. The highest BCUT2D eigenvalue weighted by Crippen LogP contribution is 2.25. The average Bonchev–Trinajstić information content (AvgIpc) is 2.59. The SMILES string of the molecule is CC(N)c1cc(F)c(NS(C)(=O)=O)c(F)c1.CC(N)c1cc(F)c(NS(C)(=O)=O)c(F)c1. The van der Waals surface area contributed by atoms with E-state index in [1.807, 2.05) is 0 Å². The van der Waals surface area contributed by atoms with Gasteiger partial charge in [-0.25, -0.2) is 34.4 Å². The molecule has 0 saturated heterocycles. The molecule has 0 heterocycles. The van der Waals surface area contributed by atoms with E-state index in [1.165, 1.54) is 0 Å². The number of rotatable bonds is 6. The van der Waals surface area contributed by atoms with Crippen LogP contribution in [-0.4, -0.2) is 29.3 Å². The average molecular weight is 501 g/mol. The second-order valence-electron chi connectivity index (χ2n) is 7.04.